The lowest BCUT2D eigenvalue weighted by atomic mass is 10.1. The number of para-hydroxylation sites is 1. The highest BCUT2D eigenvalue weighted by molar-refractivity contribution is 7.13. The highest BCUT2D eigenvalue weighted by Crippen LogP contribution is 2.29. The molecule has 2 heterocycles. The van der Waals surface area contributed by atoms with E-state index in [9.17, 15) is 19.7 Å². The first-order valence-corrected chi connectivity index (χ1v) is 10.5. The van der Waals surface area contributed by atoms with Gasteiger partial charge in [-0.05, 0) is 35.7 Å². The lowest BCUT2D eigenvalue weighted by Gasteiger charge is -2.10. The topological polar surface area (TPSA) is 111 Å². The van der Waals surface area contributed by atoms with Gasteiger partial charge >= 0.3 is 5.97 Å². The second kappa shape index (κ2) is 9.13. The Bertz CT molecular complexity index is 1340. The molecule has 0 aliphatic rings. The number of nitrogens with one attached hydrogen (secondary N) is 1. The summed E-state index contributed by atoms with van der Waals surface area (Å²) in [6, 6.07) is 16.3. The Morgan fingerprint density at radius 3 is 2.69 bits per heavy atom. The van der Waals surface area contributed by atoms with Gasteiger partial charge in [0.1, 0.15) is 5.69 Å². The van der Waals surface area contributed by atoms with Gasteiger partial charge in [0.15, 0.2) is 6.61 Å². The molecular formula is C22H14ClN3O5S. The van der Waals surface area contributed by atoms with E-state index in [2.05, 4.69) is 10.3 Å². The summed E-state index contributed by atoms with van der Waals surface area (Å²) in [6.45, 7) is -0.631. The number of esters is 1. The third-order valence-corrected chi connectivity index (χ3v) is 5.60. The summed E-state index contributed by atoms with van der Waals surface area (Å²) in [5, 5.41) is 16.2. The van der Waals surface area contributed by atoms with Crippen molar-refractivity contribution in [2.75, 3.05) is 11.9 Å². The van der Waals surface area contributed by atoms with Gasteiger partial charge in [0, 0.05) is 16.5 Å². The number of hydrogen-bond donors (Lipinski definition) is 1. The fourth-order valence-electron chi connectivity index (χ4n) is 3.06. The summed E-state index contributed by atoms with van der Waals surface area (Å²) in [5.41, 5.74) is 1.09. The first-order chi connectivity index (χ1) is 15.4. The van der Waals surface area contributed by atoms with E-state index < -0.39 is 23.4 Å². The minimum atomic E-state index is -0.736. The first kappa shape index (κ1) is 21.4. The first-order valence-electron chi connectivity index (χ1n) is 9.27. The highest BCUT2D eigenvalue weighted by atomic mass is 35.5. The molecule has 0 fully saturated rings. The number of halogens is 1. The van der Waals surface area contributed by atoms with Gasteiger partial charge in [-0.1, -0.05) is 35.9 Å². The molecule has 160 valence electrons. The zero-order valence-electron chi connectivity index (χ0n) is 16.3. The number of anilines is 1. The number of carbonyl (C=O) groups excluding carboxylic acids is 2. The summed E-state index contributed by atoms with van der Waals surface area (Å²) in [4.78, 5) is 41.1. The van der Waals surface area contributed by atoms with Crippen LogP contribution in [0.2, 0.25) is 5.02 Å². The summed E-state index contributed by atoms with van der Waals surface area (Å²) in [6.07, 6.45) is 0. The van der Waals surface area contributed by atoms with Gasteiger partial charge in [-0.15, -0.1) is 11.3 Å². The van der Waals surface area contributed by atoms with Gasteiger partial charge in [0.2, 0.25) is 0 Å². The second-order valence-corrected chi connectivity index (χ2v) is 7.98. The van der Waals surface area contributed by atoms with Crippen molar-refractivity contribution in [3.63, 3.8) is 0 Å². The molecule has 0 unspecified atom stereocenters. The zero-order valence-corrected chi connectivity index (χ0v) is 17.9. The van der Waals surface area contributed by atoms with Gasteiger partial charge in [0.05, 0.1) is 26.6 Å². The lowest BCUT2D eigenvalue weighted by molar-refractivity contribution is -0.383. The van der Waals surface area contributed by atoms with Crippen molar-refractivity contribution in [3.05, 3.63) is 86.7 Å². The maximum atomic E-state index is 12.8. The quantitative estimate of drug-likeness (QED) is 0.233. The number of ether oxygens (including phenoxy) is 1. The molecule has 0 saturated carbocycles. The molecule has 0 bridgehead atoms. The molecule has 2 aromatic carbocycles. The predicted octanol–water partition coefficient (Wildman–Crippen LogP) is 5.32. The number of hydrogen-bond acceptors (Lipinski definition) is 7. The number of aromatic nitrogens is 1. The maximum absolute atomic E-state index is 12.8. The van der Waals surface area contributed by atoms with Gasteiger partial charge in [-0.3, -0.25) is 14.9 Å². The Kier molecular flexibility index (Phi) is 6.11. The smallest absolute Gasteiger partial charge is 0.339 e. The van der Waals surface area contributed by atoms with E-state index in [1.165, 1.54) is 29.5 Å². The summed E-state index contributed by atoms with van der Waals surface area (Å²) in [5.74, 6) is -1.45. The number of pyridine rings is 1. The molecule has 2 aromatic heterocycles. The molecule has 4 rings (SSSR count). The number of nitro groups is 1. The van der Waals surface area contributed by atoms with Crippen LogP contribution in [0.4, 0.5) is 11.4 Å². The average Bonchev–Trinajstić information content (AvgIpc) is 3.31. The molecule has 0 radical (unpaired) electrons. The van der Waals surface area contributed by atoms with Crippen molar-refractivity contribution in [2.24, 2.45) is 0 Å². The number of carbonyl (C=O) groups is 2. The number of nitrogens with zero attached hydrogens (tertiary/aromatic N) is 2. The Morgan fingerprint density at radius 1 is 1.12 bits per heavy atom. The Hall–Kier alpha value is -3.82. The van der Waals surface area contributed by atoms with E-state index in [4.69, 9.17) is 16.3 Å². The van der Waals surface area contributed by atoms with Gasteiger partial charge in [-0.2, -0.15) is 0 Å². The number of benzene rings is 2. The number of amides is 1. The molecular weight excluding hydrogens is 454 g/mol. The van der Waals surface area contributed by atoms with Crippen LogP contribution in [-0.2, 0) is 9.53 Å². The SMILES string of the molecule is O=C(COC(=O)c1cc(-c2cccs2)nc2ccccc12)Nc1cc(Cl)ccc1[N+](=O)[O-]. The predicted molar refractivity (Wildman–Crippen MR) is 122 cm³/mol. The van der Waals surface area contributed by atoms with Crippen LogP contribution >= 0.6 is 22.9 Å². The number of nitro benzene ring substituents is 1. The fourth-order valence-corrected chi connectivity index (χ4v) is 3.92. The van der Waals surface area contributed by atoms with E-state index >= 15 is 0 Å². The van der Waals surface area contributed by atoms with Gasteiger partial charge in [0.25, 0.3) is 11.6 Å². The zero-order chi connectivity index (χ0) is 22.7. The standard InChI is InChI=1S/C22H14ClN3O5S/c23-13-7-8-19(26(29)30)17(10-13)25-21(27)12-31-22(28)15-11-18(20-6-3-9-32-20)24-16-5-2-1-4-14(15)16/h1-11H,12H2,(H,25,27). The molecule has 0 saturated heterocycles. The van der Waals surface area contributed by atoms with E-state index in [0.29, 0.717) is 16.6 Å². The fraction of sp³-hybridized carbons (Fsp3) is 0.0455. The molecule has 1 amide bonds. The average molecular weight is 468 g/mol. The van der Waals surface area contributed by atoms with Gasteiger partial charge in [-0.25, -0.2) is 9.78 Å². The van der Waals surface area contributed by atoms with E-state index in [-0.39, 0.29) is 22.0 Å². The van der Waals surface area contributed by atoms with Crippen molar-refractivity contribution in [1.29, 1.82) is 0 Å². The normalized spacial score (nSPS) is 10.7. The van der Waals surface area contributed by atoms with Crippen LogP contribution in [0.3, 0.4) is 0 Å². The minimum Gasteiger partial charge on any atom is -0.452 e. The van der Waals surface area contributed by atoms with Crippen LogP contribution in [0.1, 0.15) is 10.4 Å². The van der Waals surface area contributed by atoms with Gasteiger partial charge < -0.3 is 10.1 Å². The van der Waals surface area contributed by atoms with Crippen LogP contribution in [0.25, 0.3) is 21.5 Å². The van der Waals surface area contributed by atoms with Crippen molar-refractivity contribution in [2.45, 2.75) is 0 Å². The Labute approximate surface area is 190 Å². The van der Waals surface area contributed by atoms with E-state index in [0.717, 1.165) is 4.88 Å². The van der Waals surface area contributed by atoms with Crippen molar-refractivity contribution in [1.82, 2.24) is 4.98 Å². The molecule has 8 nitrogen and oxygen atoms in total. The summed E-state index contributed by atoms with van der Waals surface area (Å²) < 4.78 is 5.19. The molecule has 1 N–H and O–H groups in total. The Morgan fingerprint density at radius 2 is 1.94 bits per heavy atom. The summed E-state index contributed by atoms with van der Waals surface area (Å²) >= 11 is 7.35. The van der Waals surface area contributed by atoms with E-state index in [1.807, 2.05) is 23.6 Å². The van der Waals surface area contributed by atoms with Crippen molar-refractivity contribution >= 4 is 57.1 Å². The van der Waals surface area contributed by atoms with Crippen LogP contribution < -0.4 is 5.32 Å². The maximum Gasteiger partial charge on any atom is 0.339 e. The highest BCUT2D eigenvalue weighted by Gasteiger charge is 2.19. The molecule has 0 aliphatic carbocycles. The third kappa shape index (κ3) is 4.58. The Balaban J connectivity index is 1.54. The number of thiophene rings is 1. The van der Waals surface area contributed by atoms with Crippen LogP contribution in [-0.4, -0.2) is 28.4 Å². The molecule has 32 heavy (non-hydrogen) atoms. The second-order valence-electron chi connectivity index (χ2n) is 6.59. The number of fused-ring (bicyclic) bond motifs is 1. The number of rotatable bonds is 6. The molecule has 4 aromatic rings. The monoisotopic (exact) mass is 467 g/mol. The molecule has 10 heteroatoms. The summed E-state index contributed by atoms with van der Waals surface area (Å²) in [7, 11) is 0. The molecule has 0 spiro atoms. The molecule has 0 atom stereocenters. The van der Waals surface area contributed by atoms with Crippen LogP contribution in [0.5, 0.6) is 0 Å². The lowest BCUT2D eigenvalue weighted by Crippen LogP contribution is -2.21. The third-order valence-electron chi connectivity index (χ3n) is 4.47. The van der Waals surface area contributed by atoms with Crippen molar-refractivity contribution < 1.29 is 19.2 Å². The van der Waals surface area contributed by atoms with Crippen LogP contribution in [0, 0.1) is 10.1 Å². The molecule has 0 aliphatic heterocycles. The van der Waals surface area contributed by atoms with Crippen molar-refractivity contribution in [3.8, 4) is 10.6 Å². The minimum absolute atomic E-state index is 0.0853. The van der Waals surface area contributed by atoms with Crippen LogP contribution in [0.15, 0.2) is 66.0 Å². The van der Waals surface area contributed by atoms with E-state index in [1.54, 1.807) is 24.3 Å². The largest absolute Gasteiger partial charge is 0.452 e.